The van der Waals surface area contributed by atoms with Crippen LogP contribution in [0, 0.1) is 5.92 Å². The number of aromatic nitrogens is 2. The molecule has 3 unspecified atom stereocenters. The minimum atomic E-state index is -0.548. The summed E-state index contributed by atoms with van der Waals surface area (Å²) in [6.07, 6.45) is 1.25. The highest BCUT2D eigenvalue weighted by molar-refractivity contribution is 5.83. The maximum absolute atomic E-state index is 12.1. The van der Waals surface area contributed by atoms with Crippen molar-refractivity contribution in [3.8, 4) is 0 Å². The molecule has 0 spiro atoms. The number of nitrogens with zero attached hydrogens (tertiary/aromatic N) is 2. The zero-order chi connectivity index (χ0) is 17.1. The highest BCUT2D eigenvalue weighted by Crippen LogP contribution is 2.27. The Kier molecular flexibility index (Phi) is 4.50. The number of aryl methyl sites for hydroxylation is 1. The van der Waals surface area contributed by atoms with Crippen LogP contribution in [0.4, 0.5) is 4.79 Å². The molecule has 3 atom stereocenters. The molecule has 2 aromatic rings. The minimum Gasteiger partial charge on any atom is -0.445 e. The van der Waals surface area contributed by atoms with Crippen LogP contribution in [0.2, 0.25) is 0 Å². The van der Waals surface area contributed by atoms with Crippen molar-refractivity contribution in [3.63, 3.8) is 0 Å². The van der Waals surface area contributed by atoms with E-state index >= 15 is 0 Å². The van der Waals surface area contributed by atoms with Gasteiger partial charge >= 0.3 is 6.09 Å². The Morgan fingerprint density at radius 1 is 1.33 bits per heavy atom. The van der Waals surface area contributed by atoms with Gasteiger partial charge in [0.2, 0.25) is 5.91 Å². The lowest BCUT2D eigenvalue weighted by Crippen LogP contribution is -2.41. The van der Waals surface area contributed by atoms with Gasteiger partial charge in [-0.1, -0.05) is 37.3 Å². The summed E-state index contributed by atoms with van der Waals surface area (Å²) in [5.74, 6) is -0.472. The smallest absolute Gasteiger partial charge is 0.407 e. The first kappa shape index (κ1) is 16.0. The van der Waals surface area contributed by atoms with Crippen molar-refractivity contribution in [1.29, 1.82) is 0 Å². The Morgan fingerprint density at radius 3 is 2.75 bits per heavy atom. The summed E-state index contributed by atoms with van der Waals surface area (Å²) >= 11 is 0. The van der Waals surface area contributed by atoms with Crippen molar-refractivity contribution in [2.45, 2.75) is 25.6 Å². The molecule has 2 amide bonds. The second-order valence-corrected chi connectivity index (χ2v) is 5.92. The van der Waals surface area contributed by atoms with Gasteiger partial charge in [-0.15, -0.1) is 0 Å². The van der Waals surface area contributed by atoms with E-state index in [1.54, 1.807) is 24.9 Å². The number of rotatable bonds is 4. The summed E-state index contributed by atoms with van der Waals surface area (Å²) in [5.41, 5.74) is 1.62. The third-order valence-electron chi connectivity index (χ3n) is 4.16. The van der Waals surface area contributed by atoms with Gasteiger partial charge in [0.15, 0.2) is 0 Å². The maximum atomic E-state index is 12.1. The monoisotopic (exact) mass is 328 g/mol. The third-order valence-corrected chi connectivity index (χ3v) is 4.16. The van der Waals surface area contributed by atoms with Crippen molar-refractivity contribution in [2.75, 3.05) is 0 Å². The fourth-order valence-electron chi connectivity index (χ4n) is 2.79. The topological polar surface area (TPSA) is 85.3 Å². The van der Waals surface area contributed by atoms with Crippen LogP contribution in [0.25, 0.3) is 0 Å². The Bertz CT molecular complexity index is 728. The molecule has 2 N–H and O–H groups in total. The number of carbonyl (C=O) groups excluding carboxylic acids is 2. The van der Waals surface area contributed by atoms with Gasteiger partial charge in [0.05, 0.1) is 23.7 Å². The zero-order valence-corrected chi connectivity index (χ0v) is 13.6. The molecule has 0 saturated carbocycles. The SMILES string of the molecule is CC1C(=O)NC(c2ccn(C)n2)C1NC(=O)OCc1ccccc1. The van der Waals surface area contributed by atoms with Crippen LogP contribution in [-0.2, 0) is 23.2 Å². The van der Waals surface area contributed by atoms with Crippen LogP contribution in [-0.4, -0.2) is 27.8 Å². The minimum absolute atomic E-state index is 0.112. The molecule has 126 valence electrons. The summed E-state index contributed by atoms with van der Waals surface area (Å²) in [5, 5.41) is 9.99. The van der Waals surface area contributed by atoms with Gasteiger partial charge in [-0.2, -0.15) is 5.10 Å². The lowest BCUT2D eigenvalue weighted by atomic mass is 9.98. The van der Waals surface area contributed by atoms with Crippen LogP contribution in [0.1, 0.15) is 24.2 Å². The number of nitrogens with one attached hydrogen (secondary N) is 2. The van der Waals surface area contributed by atoms with Crippen LogP contribution >= 0.6 is 0 Å². The molecule has 1 fully saturated rings. The van der Waals surface area contributed by atoms with E-state index in [1.807, 2.05) is 36.4 Å². The fourth-order valence-corrected chi connectivity index (χ4v) is 2.79. The van der Waals surface area contributed by atoms with Crippen LogP contribution in [0.15, 0.2) is 42.6 Å². The Balaban J connectivity index is 1.64. The largest absolute Gasteiger partial charge is 0.445 e. The summed E-state index contributed by atoms with van der Waals surface area (Å²) in [4.78, 5) is 24.1. The summed E-state index contributed by atoms with van der Waals surface area (Å²) in [6, 6.07) is 10.5. The van der Waals surface area contributed by atoms with E-state index in [-0.39, 0.29) is 24.5 Å². The number of benzene rings is 1. The molecule has 24 heavy (non-hydrogen) atoms. The second kappa shape index (κ2) is 6.74. The normalized spacial score (nSPS) is 22.9. The Labute approximate surface area is 140 Å². The number of amides is 2. The van der Waals surface area contributed by atoms with Gasteiger partial charge in [0, 0.05) is 13.2 Å². The van der Waals surface area contributed by atoms with Crippen LogP contribution in [0.3, 0.4) is 0 Å². The molecule has 0 radical (unpaired) electrons. The molecule has 1 saturated heterocycles. The van der Waals surface area contributed by atoms with Gasteiger partial charge in [-0.3, -0.25) is 9.48 Å². The molecule has 2 heterocycles. The van der Waals surface area contributed by atoms with E-state index in [0.717, 1.165) is 5.56 Å². The predicted octanol–water partition coefficient (Wildman–Crippen LogP) is 1.52. The number of alkyl carbamates (subject to hydrolysis) is 1. The van der Waals surface area contributed by atoms with E-state index in [0.29, 0.717) is 5.69 Å². The van der Waals surface area contributed by atoms with E-state index in [9.17, 15) is 9.59 Å². The molecule has 3 rings (SSSR count). The molecular weight excluding hydrogens is 308 g/mol. The van der Waals surface area contributed by atoms with Crippen molar-refractivity contribution < 1.29 is 14.3 Å². The molecule has 7 nitrogen and oxygen atoms in total. The first-order valence-electron chi connectivity index (χ1n) is 7.82. The summed E-state index contributed by atoms with van der Waals surface area (Å²) in [7, 11) is 1.81. The number of carbonyl (C=O) groups is 2. The first-order valence-corrected chi connectivity index (χ1v) is 7.82. The van der Waals surface area contributed by atoms with Crippen molar-refractivity contribution in [2.24, 2.45) is 13.0 Å². The molecule has 0 aliphatic carbocycles. The summed E-state index contributed by atoms with van der Waals surface area (Å²) < 4.78 is 6.91. The van der Waals surface area contributed by atoms with Crippen LogP contribution < -0.4 is 10.6 Å². The molecule has 1 aromatic carbocycles. The second-order valence-electron chi connectivity index (χ2n) is 5.92. The average Bonchev–Trinajstić information content (AvgIpc) is 3.12. The predicted molar refractivity (Wildman–Crippen MR) is 86.8 cm³/mol. The number of hydrogen-bond donors (Lipinski definition) is 2. The third kappa shape index (κ3) is 3.40. The van der Waals surface area contributed by atoms with Gasteiger partial charge in [0.1, 0.15) is 6.61 Å². The lowest BCUT2D eigenvalue weighted by Gasteiger charge is -2.20. The number of hydrogen-bond acceptors (Lipinski definition) is 4. The van der Waals surface area contributed by atoms with E-state index in [2.05, 4.69) is 15.7 Å². The lowest BCUT2D eigenvalue weighted by molar-refractivity contribution is -0.122. The van der Waals surface area contributed by atoms with Crippen molar-refractivity contribution in [1.82, 2.24) is 20.4 Å². The zero-order valence-electron chi connectivity index (χ0n) is 13.6. The van der Waals surface area contributed by atoms with E-state index in [4.69, 9.17) is 4.74 Å². The van der Waals surface area contributed by atoms with Crippen molar-refractivity contribution in [3.05, 3.63) is 53.9 Å². The molecular formula is C17H20N4O3. The first-order chi connectivity index (χ1) is 11.5. The number of ether oxygens (including phenoxy) is 1. The molecule has 1 aromatic heterocycles. The quantitative estimate of drug-likeness (QED) is 0.891. The Hall–Kier alpha value is -2.83. The van der Waals surface area contributed by atoms with Gasteiger partial charge in [0.25, 0.3) is 0 Å². The molecule has 1 aliphatic rings. The van der Waals surface area contributed by atoms with Gasteiger partial charge < -0.3 is 15.4 Å². The van der Waals surface area contributed by atoms with Crippen molar-refractivity contribution >= 4 is 12.0 Å². The Morgan fingerprint density at radius 2 is 2.08 bits per heavy atom. The van der Waals surface area contributed by atoms with Gasteiger partial charge in [-0.05, 0) is 11.6 Å². The van der Waals surface area contributed by atoms with E-state index < -0.39 is 12.1 Å². The molecule has 1 aliphatic heterocycles. The highest BCUT2D eigenvalue weighted by Gasteiger charge is 2.42. The van der Waals surface area contributed by atoms with Gasteiger partial charge in [-0.25, -0.2) is 4.79 Å². The van der Waals surface area contributed by atoms with E-state index in [1.165, 1.54) is 0 Å². The summed E-state index contributed by atoms with van der Waals surface area (Å²) in [6.45, 7) is 1.96. The standard InChI is InChI=1S/C17H20N4O3/c1-11-14(15(18-16(11)22)13-8-9-21(2)20-13)19-17(23)24-10-12-6-4-3-5-7-12/h3-9,11,14-15H,10H2,1-2H3,(H,18,22)(H,19,23). The molecule has 0 bridgehead atoms. The molecule has 7 heteroatoms. The fraction of sp³-hybridized carbons (Fsp3) is 0.353. The van der Waals surface area contributed by atoms with Crippen LogP contribution in [0.5, 0.6) is 0 Å². The maximum Gasteiger partial charge on any atom is 0.407 e. The highest BCUT2D eigenvalue weighted by atomic mass is 16.5. The average molecular weight is 328 g/mol.